The van der Waals surface area contributed by atoms with Crippen LogP contribution < -0.4 is 10.6 Å². The number of nitrogens with zero attached hydrogens (tertiary/aromatic N) is 4. The lowest BCUT2D eigenvalue weighted by Crippen LogP contribution is -2.46. The molecule has 3 rings (SSSR count). The van der Waals surface area contributed by atoms with Crippen molar-refractivity contribution in [2.24, 2.45) is 12.0 Å². The number of nitrogens with one attached hydrogen (secondary N) is 2. The molecule has 6 nitrogen and oxygen atoms in total. The Hall–Kier alpha value is -1.16. The van der Waals surface area contributed by atoms with E-state index in [0.29, 0.717) is 6.54 Å². The van der Waals surface area contributed by atoms with E-state index in [1.54, 1.807) is 0 Å². The molecule has 2 N–H and O–H groups in total. The van der Waals surface area contributed by atoms with Crippen molar-refractivity contribution in [3.63, 3.8) is 0 Å². The van der Waals surface area contributed by atoms with E-state index in [1.807, 2.05) is 29.9 Å². The van der Waals surface area contributed by atoms with Crippen LogP contribution in [-0.2, 0) is 19.0 Å². The van der Waals surface area contributed by atoms with Gasteiger partial charge in [0.1, 0.15) is 12.4 Å². The lowest BCUT2D eigenvalue weighted by Gasteiger charge is -2.37. The van der Waals surface area contributed by atoms with Gasteiger partial charge < -0.3 is 15.2 Å². The molecule has 0 aliphatic heterocycles. The molecule has 1 aliphatic carbocycles. The minimum absolute atomic E-state index is 0. The van der Waals surface area contributed by atoms with Crippen molar-refractivity contribution in [2.75, 3.05) is 13.1 Å². The molecule has 150 valence electrons. The van der Waals surface area contributed by atoms with Crippen LogP contribution >= 0.6 is 35.3 Å². The quantitative estimate of drug-likeness (QED) is 0.359. The number of rotatable bonds is 6. The highest BCUT2D eigenvalue weighted by Gasteiger charge is 2.34. The largest absolute Gasteiger partial charge is 0.357 e. The number of aromatic nitrogens is 3. The Morgan fingerprint density at radius 1 is 1.26 bits per heavy atom. The average Bonchev–Trinajstić information content (AvgIpc) is 3.31. The third kappa shape index (κ3) is 5.43. The Morgan fingerprint density at radius 3 is 2.63 bits per heavy atom. The van der Waals surface area contributed by atoms with Crippen molar-refractivity contribution in [3.05, 3.63) is 34.0 Å². The van der Waals surface area contributed by atoms with E-state index in [4.69, 9.17) is 4.99 Å². The topological polar surface area (TPSA) is 67.1 Å². The van der Waals surface area contributed by atoms with Gasteiger partial charge in [0.05, 0.1) is 0 Å². The molecule has 0 saturated heterocycles. The van der Waals surface area contributed by atoms with Gasteiger partial charge in [-0.05, 0) is 38.1 Å². The van der Waals surface area contributed by atoms with E-state index < -0.39 is 0 Å². The van der Waals surface area contributed by atoms with Gasteiger partial charge in [0.25, 0.3) is 0 Å². The molecule has 1 fully saturated rings. The molecular formula is C19H31IN6S. The summed E-state index contributed by atoms with van der Waals surface area (Å²) in [5.41, 5.74) is 0.240. The third-order valence-electron chi connectivity index (χ3n) is 5.35. The Bertz CT molecular complexity index is 719. The smallest absolute Gasteiger partial charge is 0.191 e. The first-order valence-corrected chi connectivity index (χ1v) is 10.4. The Balaban J connectivity index is 0.00000261. The number of aliphatic imine (C=N–C) groups is 1. The summed E-state index contributed by atoms with van der Waals surface area (Å²) in [7, 11) is 1.98. The van der Waals surface area contributed by atoms with Gasteiger partial charge in [-0.1, -0.05) is 25.3 Å². The van der Waals surface area contributed by atoms with Crippen molar-refractivity contribution < 1.29 is 0 Å². The number of guanidine groups is 1. The summed E-state index contributed by atoms with van der Waals surface area (Å²) in [6, 6.07) is 4.47. The van der Waals surface area contributed by atoms with E-state index in [0.717, 1.165) is 30.7 Å². The minimum Gasteiger partial charge on any atom is -0.357 e. The second-order valence-electron chi connectivity index (χ2n) is 7.09. The van der Waals surface area contributed by atoms with Crippen LogP contribution in [0.25, 0.3) is 0 Å². The van der Waals surface area contributed by atoms with E-state index in [9.17, 15) is 0 Å². The SMILES string of the molecule is CCNC(=NCc1nnc(C)n1C)NCC1(c2cccs2)CCCCC1.I. The second-order valence-corrected chi connectivity index (χ2v) is 8.04. The molecule has 2 aromatic rings. The standard InChI is InChI=1S/C19H30N6S.HI/c1-4-20-18(21-13-17-24-23-15(2)25(17)3)22-14-19(10-6-5-7-11-19)16-9-8-12-26-16;/h8-9,12H,4-7,10-11,13-14H2,1-3H3,(H2,20,21,22);1H. The van der Waals surface area contributed by atoms with Crippen LogP contribution in [0, 0.1) is 6.92 Å². The highest BCUT2D eigenvalue weighted by atomic mass is 127. The van der Waals surface area contributed by atoms with Crippen molar-refractivity contribution >= 4 is 41.3 Å². The predicted molar refractivity (Wildman–Crippen MR) is 123 cm³/mol. The van der Waals surface area contributed by atoms with Gasteiger partial charge in [-0.3, -0.25) is 0 Å². The fourth-order valence-corrected chi connectivity index (χ4v) is 4.64. The van der Waals surface area contributed by atoms with Crippen molar-refractivity contribution in [2.45, 2.75) is 57.9 Å². The van der Waals surface area contributed by atoms with E-state index >= 15 is 0 Å². The van der Waals surface area contributed by atoms with E-state index in [-0.39, 0.29) is 29.4 Å². The summed E-state index contributed by atoms with van der Waals surface area (Å²) >= 11 is 1.89. The van der Waals surface area contributed by atoms with Crippen LogP contribution in [0.5, 0.6) is 0 Å². The molecule has 1 saturated carbocycles. The lowest BCUT2D eigenvalue weighted by molar-refractivity contribution is 0.296. The monoisotopic (exact) mass is 502 g/mol. The first-order valence-electron chi connectivity index (χ1n) is 9.56. The molecular weight excluding hydrogens is 471 g/mol. The van der Waals surface area contributed by atoms with Gasteiger partial charge in [0, 0.05) is 30.4 Å². The zero-order valence-electron chi connectivity index (χ0n) is 16.5. The number of hydrogen-bond donors (Lipinski definition) is 2. The van der Waals surface area contributed by atoms with Crippen LogP contribution in [-0.4, -0.2) is 33.8 Å². The van der Waals surface area contributed by atoms with Crippen LogP contribution in [0.1, 0.15) is 55.6 Å². The zero-order valence-corrected chi connectivity index (χ0v) is 19.6. The van der Waals surface area contributed by atoms with Crippen LogP contribution in [0.2, 0.25) is 0 Å². The fraction of sp³-hybridized carbons (Fsp3) is 0.632. The van der Waals surface area contributed by atoms with Crippen LogP contribution in [0.3, 0.4) is 0 Å². The summed E-state index contributed by atoms with van der Waals surface area (Å²) in [6.07, 6.45) is 6.48. The first kappa shape index (κ1) is 22.1. The Labute approximate surface area is 183 Å². The molecule has 0 aromatic carbocycles. The molecule has 0 atom stereocenters. The fourth-order valence-electron chi connectivity index (χ4n) is 3.65. The molecule has 1 aliphatic rings. The van der Waals surface area contributed by atoms with Gasteiger partial charge in [-0.25, -0.2) is 4.99 Å². The molecule has 2 heterocycles. The van der Waals surface area contributed by atoms with Gasteiger partial charge in [-0.2, -0.15) is 0 Å². The van der Waals surface area contributed by atoms with Gasteiger partial charge in [0.2, 0.25) is 0 Å². The predicted octanol–water partition coefficient (Wildman–Crippen LogP) is 3.76. The second kappa shape index (κ2) is 10.4. The highest BCUT2D eigenvalue weighted by Crippen LogP contribution is 2.41. The van der Waals surface area contributed by atoms with Gasteiger partial charge >= 0.3 is 0 Å². The zero-order chi connectivity index (χ0) is 18.4. The van der Waals surface area contributed by atoms with Gasteiger partial charge in [0.15, 0.2) is 11.8 Å². The van der Waals surface area contributed by atoms with Crippen molar-refractivity contribution in [1.29, 1.82) is 0 Å². The summed E-state index contributed by atoms with van der Waals surface area (Å²) in [5, 5.41) is 17.5. The molecule has 0 bridgehead atoms. The van der Waals surface area contributed by atoms with Crippen molar-refractivity contribution in [1.82, 2.24) is 25.4 Å². The molecule has 0 amide bonds. The maximum Gasteiger partial charge on any atom is 0.191 e. The molecule has 0 spiro atoms. The van der Waals surface area contributed by atoms with Crippen LogP contribution in [0.15, 0.2) is 22.5 Å². The molecule has 27 heavy (non-hydrogen) atoms. The summed E-state index contributed by atoms with van der Waals surface area (Å²) in [5.74, 6) is 2.65. The Kier molecular flexibility index (Phi) is 8.53. The number of hydrogen-bond acceptors (Lipinski definition) is 4. The highest BCUT2D eigenvalue weighted by molar-refractivity contribution is 14.0. The van der Waals surface area contributed by atoms with E-state index in [1.165, 1.54) is 37.0 Å². The van der Waals surface area contributed by atoms with E-state index in [2.05, 4.69) is 45.3 Å². The number of thiophene rings is 1. The summed E-state index contributed by atoms with van der Waals surface area (Å²) in [4.78, 5) is 6.23. The minimum atomic E-state index is 0. The molecule has 0 unspecified atom stereocenters. The summed E-state index contributed by atoms with van der Waals surface area (Å²) in [6.45, 7) is 6.35. The lowest BCUT2D eigenvalue weighted by atomic mass is 9.73. The third-order valence-corrected chi connectivity index (χ3v) is 6.47. The average molecular weight is 502 g/mol. The maximum atomic E-state index is 4.73. The molecule has 8 heteroatoms. The number of halogens is 1. The summed E-state index contributed by atoms with van der Waals surface area (Å²) < 4.78 is 1.99. The maximum absolute atomic E-state index is 4.73. The first-order chi connectivity index (χ1) is 12.6. The van der Waals surface area contributed by atoms with Crippen LogP contribution in [0.4, 0.5) is 0 Å². The molecule has 2 aromatic heterocycles. The number of aryl methyl sites for hydroxylation is 1. The van der Waals surface area contributed by atoms with Gasteiger partial charge in [-0.15, -0.1) is 45.5 Å². The van der Waals surface area contributed by atoms with Crippen molar-refractivity contribution in [3.8, 4) is 0 Å². The Morgan fingerprint density at radius 2 is 2.04 bits per heavy atom. The normalized spacial score (nSPS) is 16.6. The molecule has 0 radical (unpaired) electrons.